The van der Waals surface area contributed by atoms with E-state index in [2.05, 4.69) is 31.0 Å². The minimum atomic E-state index is 0.742. The van der Waals surface area contributed by atoms with Gasteiger partial charge in [-0.3, -0.25) is 0 Å². The fraction of sp³-hybridized carbons (Fsp3) is 1.00. The third kappa shape index (κ3) is 3.71. The average Bonchev–Trinajstić information content (AvgIpc) is 2.87. The van der Waals surface area contributed by atoms with Crippen LogP contribution in [-0.4, -0.2) is 36.6 Å². The molecule has 0 radical (unpaired) electrons. The highest BCUT2D eigenvalue weighted by atomic mass is 15.2. The molecule has 0 aromatic rings. The molecule has 1 aliphatic carbocycles. The third-order valence-corrected chi connectivity index (χ3v) is 5.22. The van der Waals surface area contributed by atoms with E-state index in [1.807, 2.05) is 0 Å². The first-order chi connectivity index (χ1) is 8.70. The number of rotatable bonds is 3. The van der Waals surface area contributed by atoms with Crippen molar-refractivity contribution in [1.82, 2.24) is 10.2 Å². The van der Waals surface area contributed by atoms with Crippen LogP contribution in [0.15, 0.2) is 0 Å². The molecule has 0 aromatic heterocycles. The summed E-state index contributed by atoms with van der Waals surface area (Å²) in [6.07, 6.45) is 8.50. The Hall–Kier alpha value is -0.0800. The standard InChI is InChI=1S/C16H32N2/c1-4-16-9-10-18(12-13(2)11-17-16)14(3)15-7-5-6-8-15/h13-17H,4-12H2,1-3H3. The summed E-state index contributed by atoms with van der Waals surface area (Å²) >= 11 is 0. The van der Waals surface area contributed by atoms with Crippen LogP contribution in [0.2, 0.25) is 0 Å². The van der Waals surface area contributed by atoms with E-state index in [1.165, 1.54) is 58.2 Å². The summed E-state index contributed by atoms with van der Waals surface area (Å²) in [5, 5.41) is 3.72. The zero-order valence-electron chi connectivity index (χ0n) is 12.6. The Balaban J connectivity index is 1.91. The van der Waals surface area contributed by atoms with Gasteiger partial charge in [-0.15, -0.1) is 0 Å². The highest BCUT2D eigenvalue weighted by Crippen LogP contribution is 2.30. The molecule has 1 saturated carbocycles. The van der Waals surface area contributed by atoms with E-state index < -0.39 is 0 Å². The van der Waals surface area contributed by atoms with Gasteiger partial charge >= 0.3 is 0 Å². The summed E-state index contributed by atoms with van der Waals surface area (Å²) in [6.45, 7) is 11.0. The minimum absolute atomic E-state index is 0.742. The van der Waals surface area contributed by atoms with E-state index in [0.717, 1.165) is 23.9 Å². The first-order valence-corrected chi connectivity index (χ1v) is 8.18. The van der Waals surface area contributed by atoms with Crippen molar-refractivity contribution in [2.45, 2.75) is 71.4 Å². The quantitative estimate of drug-likeness (QED) is 0.829. The first-order valence-electron chi connectivity index (χ1n) is 8.18. The lowest BCUT2D eigenvalue weighted by Gasteiger charge is -2.38. The van der Waals surface area contributed by atoms with Gasteiger partial charge < -0.3 is 10.2 Å². The predicted molar refractivity (Wildman–Crippen MR) is 78.9 cm³/mol. The molecule has 1 heterocycles. The molecular weight excluding hydrogens is 220 g/mol. The second kappa shape index (κ2) is 6.91. The van der Waals surface area contributed by atoms with Gasteiger partial charge in [-0.25, -0.2) is 0 Å². The van der Waals surface area contributed by atoms with Gasteiger partial charge in [0.15, 0.2) is 0 Å². The fourth-order valence-corrected chi connectivity index (χ4v) is 3.80. The second-order valence-corrected chi connectivity index (χ2v) is 6.69. The lowest BCUT2D eigenvalue weighted by molar-refractivity contribution is 0.116. The van der Waals surface area contributed by atoms with Crippen LogP contribution in [0.3, 0.4) is 0 Å². The van der Waals surface area contributed by atoms with Crippen molar-refractivity contribution in [3.63, 3.8) is 0 Å². The molecule has 106 valence electrons. The van der Waals surface area contributed by atoms with E-state index in [1.54, 1.807) is 0 Å². The van der Waals surface area contributed by atoms with Crippen LogP contribution in [0.25, 0.3) is 0 Å². The second-order valence-electron chi connectivity index (χ2n) is 6.69. The van der Waals surface area contributed by atoms with Gasteiger partial charge in [0.1, 0.15) is 0 Å². The van der Waals surface area contributed by atoms with E-state index >= 15 is 0 Å². The van der Waals surface area contributed by atoms with E-state index in [-0.39, 0.29) is 0 Å². The first kappa shape index (κ1) is 14.3. The number of nitrogens with one attached hydrogen (secondary N) is 1. The molecule has 2 rings (SSSR count). The molecule has 2 fully saturated rings. The van der Waals surface area contributed by atoms with Crippen molar-refractivity contribution < 1.29 is 0 Å². The van der Waals surface area contributed by atoms with Crippen molar-refractivity contribution in [2.75, 3.05) is 19.6 Å². The molecule has 18 heavy (non-hydrogen) atoms. The maximum absolute atomic E-state index is 3.72. The monoisotopic (exact) mass is 252 g/mol. The van der Waals surface area contributed by atoms with E-state index in [4.69, 9.17) is 0 Å². The lowest BCUT2D eigenvalue weighted by atomic mass is 9.95. The molecule has 0 bridgehead atoms. The van der Waals surface area contributed by atoms with Crippen LogP contribution in [0.1, 0.15) is 59.3 Å². The zero-order chi connectivity index (χ0) is 13.0. The smallest absolute Gasteiger partial charge is 0.00953 e. The predicted octanol–water partition coefficient (Wildman–Crippen LogP) is 3.28. The third-order valence-electron chi connectivity index (χ3n) is 5.22. The molecule has 0 aromatic carbocycles. The van der Waals surface area contributed by atoms with Crippen LogP contribution in [0.4, 0.5) is 0 Å². The van der Waals surface area contributed by atoms with Gasteiger partial charge in [-0.05, 0) is 57.5 Å². The Morgan fingerprint density at radius 1 is 1.22 bits per heavy atom. The van der Waals surface area contributed by atoms with Crippen LogP contribution in [0, 0.1) is 11.8 Å². The van der Waals surface area contributed by atoms with Gasteiger partial charge in [-0.2, -0.15) is 0 Å². The molecule has 1 N–H and O–H groups in total. The van der Waals surface area contributed by atoms with Gasteiger partial charge in [0.25, 0.3) is 0 Å². The van der Waals surface area contributed by atoms with Gasteiger partial charge in [0.05, 0.1) is 0 Å². The molecule has 1 aliphatic heterocycles. The molecule has 1 saturated heterocycles. The van der Waals surface area contributed by atoms with Crippen LogP contribution >= 0.6 is 0 Å². The van der Waals surface area contributed by atoms with Gasteiger partial charge in [0.2, 0.25) is 0 Å². The van der Waals surface area contributed by atoms with Crippen molar-refractivity contribution >= 4 is 0 Å². The van der Waals surface area contributed by atoms with Crippen molar-refractivity contribution in [2.24, 2.45) is 11.8 Å². The van der Waals surface area contributed by atoms with Crippen LogP contribution in [-0.2, 0) is 0 Å². The summed E-state index contributed by atoms with van der Waals surface area (Å²) in [4.78, 5) is 2.80. The molecule has 2 heteroatoms. The molecule has 0 spiro atoms. The Morgan fingerprint density at radius 2 is 1.94 bits per heavy atom. The SMILES string of the molecule is CCC1CCN(C(C)C2CCCC2)CC(C)CN1. The summed E-state index contributed by atoms with van der Waals surface area (Å²) in [5.41, 5.74) is 0. The molecule has 3 atom stereocenters. The van der Waals surface area contributed by atoms with Crippen molar-refractivity contribution in [1.29, 1.82) is 0 Å². The number of hydrogen-bond donors (Lipinski definition) is 1. The van der Waals surface area contributed by atoms with Crippen LogP contribution in [0.5, 0.6) is 0 Å². The summed E-state index contributed by atoms with van der Waals surface area (Å²) < 4.78 is 0. The molecular formula is C16H32N2. The summed E-state index contributed by atoms with van der Waals surface area (Å²) in [6, 6.07) is 1.55. The number of nitrogens with zero attached hydrogens (tertiary/aromatic N) is 1. The Bertz CT molecular complexity index is 235. The summed E-state index contributed by atoms with van der Waals surface area (Å²) in [7, 11) is 0. The Morgan fingerprint density at radius 3 is 2.61 bits per heavy atom. The van der Waals surface area contributed by atoms with Crippen molar-refractivity contribution in [3.8, 4) is 0 Å². The topological polar surface area (TPSA) is 15.3 Å². The summed E-state index contributed by atoms with van der Waals surface area (Å²) in [5.74, 6) is 1.77. The maximum atomic E-state index is 3.72. The largest absolute Gasteiger partial charge is 0.314 e. The van der Waals surface area contributed by atoms with Gasteiger partial charge in [-0.1, -0.05) is 26.7 Å². The maximum Gasteiger partial charge on any atom is 0.00953 e. The minimum Gasteiger partial charge on any atom is -0.314 e. The molecule has 2 aliphatic rings. The highest BCUT2D eigenvalue weighted by molar-refractivity contribution is 4.83. The van der Waals surface area contributed by atoms with Crippen molar-refractivity contribution in [3.05, 3.63) is 0 Å². The normalized spacial score (nSPS) is 34.2. The van der Waals surface area contributed by atoms with Crippen LogP contribution < -0.4 is 5.32 Å². The van der Waals surface area contributed by atoms with E-state index in [9.17, 15) is 0 Å². The Kier molecular flexibility index (Phi) is 5.50. The lowest BCUT2D eigenvalue weighted by Crippen LogP contribution is -2.48. The highest BCUT2D eigenvalue weighted by Gasteiger charge is 2.28. The molecule has 3 unspecified atom stereocenters. The Labute approximate surface area is 114 Å². The fourth-order valence-electron chi connectivity index (χ4n) is 3.80. The number of hydrogen-bond acceptors (Lipinski definition) is 2. The van der Waals surface area contributed by atoms with Gasteiger partial charge in [0, 0.05) is 18.6 Å². The zero-order valence-corrected chi connectivity index (χ0v) is 12.6. The molecule has 2 nitrogen and oxygen atoms in total. The average molecular weight is 252 g/mol. The van der Waals surface area contributed by atoms with E-state index in [0.29, 0.717) is 0 Å². The molecule has 0 amide bonds.